The molecule has 7 nitrogen and oxygen atoms in total. The fourth-order valence-corrected chi connectivity index (χ4v) is 1.24. The lowest BCUT2D eigenvalue weighted by molar-refractivity contribution is -0.385. The Morgan fingerprint density at radius 2 is 2.11 bits per heavy atom. The number of carbonyl (C=O) groups excluding carboxylic acids is 1. The van der Waals surface area contributed by atoms with Gasteiger partial charge in [-0.1, -0.05) is 0 Å². The quantitative estimate of drug-likeness (QED) is 0.378. The average molecular weight is 253 g/mol. The lowest BCUT2D eigenvalue weighted by Gasteiger charge is -2.04. The fraction of sp³-hybridized carbons (Fsp3) is 0.182. The van der Waals surface area contributed by atoms with Crippen molar-refractivity contribution in [1.82, 2.24) is 0 Å². The molecule has 0 saturated heterocycles. The van der Waals surface area contributed by atoms with Gasteiger partial charge in [0.05, 0.1) is 19.1 Å². The van der Waals surface area contributed by atoms with Gasteiger partial charge in [0.2, 0.25) is 5.75 Å². The monoisotopic (exact) mass is 253 g/mol. The highest BCUT2D eigenvalue weighted by Gasteiger charge is 2.17. The molecular formula is C11H11NO6. The van der Waals surface area contributed by atoms with Gasteiger partial charge >= 0.3 is 11.7 Å². The number of esters is 1. The van der Waals surface area contributed by atoms with E-state index in [0.717, 1.165) is 18.2 Å². The van der Waals surface area contributed by atoms with Gasteiger partial charge in [-0.2, -0.15) is 0 Å². The molecule has 0 unspecified atom stereocenters. The number of benzene rings is 1. The Kier molecular flexibility index (Phi) is 4.25. The van der Waals surface area contributed by atoms with Crippen LogP contribution >= 0.6 is 0 Å². The summed E-state index contributed by atoms with van der Waals surface area (Å²) in [4.78, 5) is 21.0. The van der Waals surface area contributed by atoms with Crippen LogP contribution in [0.15, 0.2) is 18.2 Å². The molecule has 0 aliphatic rings. The standard InChI is InChI=1S/C11H11NO6/c1-17-10-6-9(13)7(3-4-11(14)18-2)5-8(10)12(15)16/h3-6,13H,1-2H3/b4-3+. The first-order chi connectivity index (χ1) is 8.49. The summed E-state index contributed by atoms with van der Waals surface area (Å²) in [5, 5.41) is 20.4. The number of methoxy groups -OCH3 is 2. The molecule has 1 aromatic carbocycles. The molecule has 7 heteroatoms. The number of aromatic hydroxyl groups is 1. The summed E-state index contributed by atoms with van der Waals surface area (Å²) < 4.78 is 9.14. The highest BCUT2D eigenvalue weighted by molar-refractivity contribution is 5.87. The second kappa shape index (κ2) is 5.67. The van der Waals surface area contributed by atoms with Gasteiger partial charge in [-0.25, -0.2) is 4.79 Å². The second-order valence-corrected chi connectivity index (χ2v) is 3.20. The van der Waals surface area contributed by atoms with E-state index in [-0.39, 0.29) is 22.7 Å². The van der Waals surface area contributed by atoms with Crippen molar-refractivity contribution in [3.63, 3.8) is 0 Å². The van der Waals surface area contributed by atoms with E-state index < -0.39 is 10.9 Å². The zero-order valence-electron chi connectivity index (χ0n) is 9.75. The molecule has 0 bridgehead atoms. The zero-order valence-corrected chi connectivity index (χ0v) is 9.75. The van der Waals surface area contributed by atoms with Crippen molar-refractivity contribution in [3.05, 3.63) is 33.9 Å². The first-order valence-electron chi connectivity index (χ1n) is 4.81. The number of carbonyl (C=O) groups is 1. The van der Waals surface area contributed by atoms with Crippen LogP contribution in [0, 0.1) is 10.1 Å². The van der Waals surface area contributed by atoms with Crippen LogP contribution in [-0.4, -0.2) is 30.2 Å². The predicted molar refractivity (Wildman–Crippen MR) is 62.4 cm³/mol. The number of ether oxygens (including phenoxy) is 2. The van der Waals surface area contributed by atoms with Gasteiger partial charge in [0.25, 0.3) is 0 Å². The highest BCUT2D eigenvalue weighted by Crippen LogP contribution is 2.34. The normalized spacial score (nSPS) is 10.3. The Labute approximate surface area is 102 Å². The smallest absolute Gasteiger partial charge is 0.330 e. The summed E-state index contributed by atoms with van der Waals surface area (Å²) in [5.74, 6) is -0.932. The zero-order chi connectivity index (χ0) is 13.7. The van der Waals surface area contributed by atoms with E-state index in [0.29, 0.717) is 0 Å². The van der Waals surface area contributed by atoms with Crippen LogP contribution < -0.4 is 4.74 Å². The van der Waals surface area contributed by atoms with Crippen molar-refractivity contribution in [2.45, 2.75) is 0 Å². The number of hydrogen-bond donors (Lipinski definition) is 1. The lowest BCUT2D eigenvalue weighted by atomic mass is 10.1. The maximum absolute atomic E-state index is 10.9. The lowest BCUT2D eigenvalue weighted by Crippen LogP contribution is -1.96. The summed E-state index contributed by atoms with van der Waals surface area (Å²) in [6.07, 6.45) is 2.26. The number of nitro benzene ring substituents is 1. The topological polar surface area (TPSA) is 98.9 Å². The molecular weight excluding hydrogens is 242 g/mol. The van der Waals surface area contributed by atoms with Crippen LogP contribution in [0.3, 0.4) is 0 Å². The van der Waals surface area contributed by atoms with E-state index in [2.05, 4.69) is 4.74 Å². The molecule has 1 N–H and O–H groups in total. The van der Waals surface area contributed by atoms with Crippen molar-refractivity contribution < 1.29 is 24.3 Å². The van der Waals surface area contributed by atoms with Crippen LogP contribution in [0.25, 0.3) is 6.08 Å². The summed E-state index contributed by atoms with van der Waals surface area (Å²) in [6.45, 7) is 0. The molecule has 0 radical (unpaired) electrons. The van der Waals surface area contributed by atoms with Crippen LogP contribution in [0.2, 0.25) is 0 Å². The molecule has 0 atom stereocenters. The third kappa shape index (κ3) is 2.97. The largest absolute Gasteiger partial charge is 0.507 e. The molecule has 0 aromatic heterocycles. The summed E-state index contributed by atoms with van der Waals surface area (Å²) in [6, 6.07) is 2.21. The molecule has 0 aliphatic carbocycles. The minimum Gasteiger partial charge on any atom is -0.507 e. The minimum absolute atomic E-state index is 0.0623. The number of rotatable bonds is 4. The SMILES string of the molecule is COC(=O)/C=C/c1cc([N+](=O)[O-])c(OC)cc1O. The van der Waals surface area contributed by atoms with Crippen LogP contribution in [0.4, 0.5) is 5.69 Å². The molecule has 0 spiro atoms. The number of nitro groups is 1. The van der Waals surface area contributed by atoms with Gasteiger partial charge in [0.1, 0.15) is 5.75 Å². The number of hydrogen-bond acceptors (Lipinski definition) is 6. The Balaban J connectivity index is 3.21. The van der Waals surface area contributed by atoms with Crippen molar-refractivity contribution in [1.29, 1.82) is 0 Å². The molecule has 0 fully saturated rings. The van der Waals surface area contributed by atoms with Crippen molar-refractivity contribution in [3.8, 4) is 11.5 Å². The van der Waals surface area contributed by atoms with Gasteiger partial charge in [0.15, 0.2) is 0 Å². The third-order valence-electron chi connectivity index (χ3n) is 2.13. The minimum atomic E-state index is -0.645. The fourth-order valence-electron chi connectivity index (χ4n) is 1.24. The highest BCUT2D eigenvalue weighted by atomic mass is 16.6. The molecule has 0 saturated carbocycles. The first kappa shape index (κ1) is 13.5. The van der Waals surface area contributed by atoms with Gasteiger partial charge < -0.3 is 14.6 Å². The number of nitrogens with zero attached hydrogens (tertiary/aromatic N) is 1. The van der Waals surface area contributed by atoms with E-state index in [1.165, 1.54) is 20.3 Å². The van der Waals surface area contributed by atoms with Gasteiger partial charge in [-0.15, -0.1) is 0 Å². The van der Waals surface area contributed by atoms with Gasteiger partial charge in [-0.3, -0.25) is 10.1 Å². The van der Waals surface area contributed by atoms with Crippen LogP contribution in [-0.2, 0) is 9.53 Å². The number of phenols is 1. The molecule has 96 valence electrons. The van der Waals surface area contributed by atoms with Crippen molar-refractivity contribution in [2.24, 2.45) is 0 Å². The molecule has 0 heterocycles. The Morgan fingerprint density at radius 1 is 1.44 bits per heavy atom. The summed E-state index contributed by atoms with van der Waals surface area (Å²) >= 11 is 0. The maximum Gasteiger partial charge on any atom is 0.330 e. The van der Waals surface area contributed by atoms with E-state index in [9.17, 15) is 20.0 Å². The number of phenolic OH excluding ortho intramolecular Hbond substituents is 1. The second-order valence-electron chi connectivity index (χ2n) is 3.20. The molecule has 0 aliphatic heterocycles. The average Bonchev–Trinajstić information content (AvgIpc) is 2.35. The summed E-state index contributed by atoms with van der Waals surface area (Å²) in [7, 11) is 2.45. The van der Waals surface area contributed by atoms with E-state index in [1.54, 1.807) is 0 Å². The van der Waals surface area contributed by atoms with Crippen LogP contribution in [0.1, 0.15) is 5.56 Å². The van der Waals surface area contributed by atoms with Crippen molar-refractivity contribution >= 4 is 17.7 Å². The predicted octanol–water partition coefficient (Wildman–Crippen LogP) is 1.50. The van der Waals surface area contributed by atoms with E-state index >= 15 is 0 Å². The Morgan fingerprint density at radius 3 is 2.61 bits per heavy atom. The molecule has 1 aromatic rings. The van der Waals surface area contributed by atoms with Gasteiger partial charge in [0, 0.05) is 23.8 Å². The van der Waals surface area contributed by atoms with E-state index in [1.807, 2.05) is 0 Å². The van der Waals surface area contributed by atoms with Gasteiger partial charge in [-0.05, 0) is 6.08 Å². The van der Waals surface area contributed by atoms with E-state index in [4.69, 9.17) is 4.74 Å². The van der Waals surface area contributed by atoms with Crippen molar-refractivity contribution in [2.75, 3.05) is 14.2 Å². The molecule has 1 rings (SSSR count). The molecule has 0 amide bonds. The maximum atomic E-state index is 10.9. The third-order valence-corrected chi connectivity index (χ3v) is 2.13. The Bertz CT molecular complexity index is 509. The van der Waals surface area contributed by atoms with Crippen LogP contribution in [0.5, 0.6) is 11.5 Å². The molecule has 18 heavy (non-hydrogen) atoms. The summed E-state index contributed by atoms with van der Waals surface area (Å²) in [5.41, 5.74) is -0.187. The Hall–Kier alpha value is -2.57. The first-order valence-corrected chi connectivity index (χ1v) is 4.81.